The van der Waals surface area contributed by atoms with Crippen LogP contribution in [0, 0.1) is 6.92 Å². The van der Waals surface area contributed by atoms with Crippen molar-refractivity contribution in [2.75, 3.05) is 13.9 Å². The van der Waals surface area contributed by atoms with Gasteiger partial charge in [0.1, 0.15) is 5.75 Å². The van der Waals surface area contributed by atoms with E-state index in [-0.39, 0.29) is 6.79 Å². The summed E-state index contributed by atoms with van der Waals surface area (Å²) in [5, 5.41) is 7.07. The zero-order valence-electron chi connectivity index (χ0n) is 14.7. The minimum Gasteiger partial charge on any atom is -0.466 e. The molecule has 0 unspecified atom stereocenters. The Hall–Kier alpha value is -2.70. The van der Waals surface area contributed by atoms with Gasteiger partial charge in [0.25, 0.3) is 0 Å². The molecule has 0 bridgehead atoms. The number of hydrogen-bond acceptors (Lipinski definition) is 5. The Kier molecular flexibility index (Phi) is 4.22. The number of aryl methyl sites for hydroxylation is 2. The molecule has 0 aliphatic rings. The van der Waals surface area contributed by atoms with Crippen LogP contribution in [0.5, 0.6) is 5.75 Å². The molecule has 7 heteroatoms. The molecule has 0 N–H and O–H groups in total. The van der Waals surface area contributed by atoms with Gasteiger partial charge in [-0.3, -0.25) is 4.68 Å². The van der Waals surface area contributed by atoms with E-state index in [0.717, 1.165) is 32.9 Å². The molecule has 0 aliphatic heterocycles. The maximum atomic E-state index is 6.05. The molecular weight excluding hydrogens is 352 g/mol. The molecule has 26 heavy (non-hydrogen) atoms. The number of benzene rings is 2. The average Bonchev–Trinajstić information content (AvgIpc) is 3.01. The van der Waals surface area contributed by atoms with Crippen LogP contribution < -0.4 is 4.74 Å². The third-order valence-electron chi connectivity index (χ3n) is 4.20. The number of halogens is 1. The van der Waals surface area contributed by atoms with Crippen molar-refractivity contribution < 1.29 is 9.47 Å². The Bertz CT molecular complexity index is 1120. The van der Waals surface area contributed by atoms with Gasteiger partial charge in [0.2, 0.25) is 0 Å². The quantitative estimate of drug-likeness (QED) is 0.507. The van der Waals surface area contributed by atoms with E-state index in [1.54, 1.807) is 18.0 Å². The largest absolute Gasteiger partial charge is 0.466 e. The molecule has 0 spiro atoms. The lowest BCUT2D eigenvalue weighted by Gasteiger charge is -2.13. The van der Waals surface area contributed by atoms with E-state index in [0.29, 0.717) is 16.6 Å². The average molecular weight is 369 g/mol. The van der Waals surface area contributed by atoms with E-state index in [4.69, 9.17) is 26.1 Å². The maximum absolute atomic E-state index is 6.05. The highest BCUT2D eigenvalue weighted by atomic mass is 35.5. The van der Waals surface area contributed by atoms with Crippen LogP contribution >= 0.6 is 11.6 Å². The first kappa shape index (κ1) is 16.8. The van der Waals surface area contributed by atoms with Crippen LogP contribution in [-0.2, 0) is 11.8 Å². The molecule has 0 saturated heterocycles. The summed E-state index contributed by atoms with van der Waals surface area (Å²) in [6.45, 7) is 2.11. The fraction of sp³-hybridized carbons (Fsp3) is 0.211. The lowest BCUT2D eigenvalue weighted by Crippen LogP contribution is -2.03. The highest BCUT2D eigenvalue weighted by molar-refractivity contribution is 6.31. The molecule has 4 aromatic rings. The fourth-order valence-electron chi connectivity index (χ4n) is 3.04. The normalized spacial score (nSPS) is 11.4. The van der Waals surface area contributed by atoms with Crippen LogP contribution in [0.1, 0.15) is 5.56 Å². The SMILES string of the molecule is COCOc1c(-c2ncc3cc(Cl)ccc3n2)cc2cn(C)nc2c1C. The number of hydrogen-bond donors (Lipinski definition) is 0. The van der Waals surface area contributed by atoms with Crippen LogP contribution in [0.3, 0.4) is 0 Å². The van der Waals surface area contributed by atoms with Crippen LogP contribution in [0.25, 0.3) is 33.2 Å². The Balaban J connectivity index is 1.95. The van der Waals surface area contributed by atoms with Crippen molar-refractivity contribution in [1.29, 1.82) is 0 Å². The van der Waals surface area contributed by atoms with Gasteiger partial charge in [0, 0.05) is 47.9 Å². The molecule has 2 aromatic carbocycles. The molecule has 0 aliphatic carbocycles. The third-order valence-corrected chi connectivity index (χ3v) is 4.44. The first-order valence-electron chi connectivity index (χ1n) is 8.08. The summed E-state index contributed by atoms with van der Waals surface area (Å²) >= 11 is 6.05. The van der Waals surface area contributed by atoms with Crippen molar-refractivity contribution in [3.63, 3.8) is 0 Å². The minimum absolute atomic E-state index is 0.134. The highest BCUT2D eigenvalue weighted by Gasteiger charge is 2.18. The van der Waals surface area contributed by atoms with Crippen LogP contribution in [0.15, 0.2) is 36.7 Å². The number of ether oxygens (including phenoxy) is 2. The van der Waals surface area contributed by atoms with Crippen molar-refractivity contribution >= 4 is 33.4 Å². The Labute approximate surface area is 155 Å². The predicted octanol–water partition coefficient (Wildman–Crippen LogP) is 4.13. The van der Waals surface area contributed by atoms with Gasteiger partial charge >= 0.3 is 0 Å². The van der Waals surface area contributed by atoms with Crippen LogP contribution in [0.4, 0.5) is 0 Å². The second-order valence-corrected chi connectivity index (χ2v) is 6.50. The first-order chi connectivity index (χ1) is 12.6. The van der Waals surface area contributed by atoms with Gasteiger partial charge in [-0.1, -0.05) is 11.6 Å². The molecule has 0 amide bonds. The van der Waals surface area contributed by atoms with Gasteiger partial charge in [-0.05, 0) is 31.2 Å². The summed E-state index contributed by atoms with van der Waals surface area (Å²) in [7, 11) is 3.48. The Morgan fingerprint density at radius 1 is 1.19 bits per heavy atom. The van der Waals surface area contributed by atoms with Crippen LogP contribution in [0.2, 0.25) is 5.02 Å². The summed E-state index contributed by atoms with van der Waals surface area (Å²) in [6.07, 6.45) is 3.74. The molecule has 0 saturated carbocycles. The first-order valence-corrected chi connectivity index (χ1v) is 8.46. The van der Waals surface area contributed by atoms with Crippen molar-refractivity contribution in [1.82, 2.24) is 19.7 Å². The van der Waals surface area contributed by atoms with Crippen molar-refractivity contribution in [2.45, 2.75) is 6.92 Å². The number of fused-ring (bicyclic) bond motifs is 2. The van der Waals surface area contributed by atoms with E-state index in [2.05, 4.69) is 10.1 Å². The zero-order valence-corrected chi connectivity index (χ0v) is 15.4. The maximum Gasteiger partial charge on any atom is 0.188 e. The van der Waals surface area contributed by atoms with E-state index in [9.17, 15) is 0 Å². The number of methoxy groups -OCH3 is 1. The van der Waals surface area contributed by atoms with Gasteiger partial charge in [-0.25, -0.2) is 9.97 Å². The van der Waals surface area contributed by atoms with Crippen molar-refractivity contribution in [3.8, 4) is 17.1 Å². The standard InChI is InChI=1S/C19H17ClN4O2/c1-11-17-13(9-24(2)23-17)7-15(18(11)26-10-25-3)19-21-8-12-6-14(20)4-5-16(12)22-19/h4-9H,10H2,1-3H3. The highest BCUT2D eigenvalue weighted by Crippen LogP contribution is 2.36. The molecular formula is C19H17ClN4O2. The summed E-state index contributed by atoms with van der Waals surface area (Å²) in [4.78, 5) is 9.22. The summed E-state index contributed by atoms with van der Waals surface area (Å²) < 4.78 is 12.7. The minimum atomic E-state index is 0.134. The topological polar surface area (TPSA) is 62.1 Å². The van der Waals surface area contributed by atoms with E-state index in [1.807, 2.05) is 44.4 Å². The van der Waals surface area contributed by atoms with Crippen LogP contribution in [-0.4, -0.2) is 33.7 Å². The van der Waals surface area contributed by atoms with Gasteiger partial charge in [0.05, 0.1) is 16.6 Å². The van der Waals surface area contributed by atoms with Crippen molar-refractivity contribution in [3.05, 3.63) is 47.2 Å². The zero-order chi connectivity index (χ0) is 18.3. The third kappa shape index (κ3) is 2.87. The second kappa shape index (κ2) is 6.55. The monoisotopic (exact) mass is 368 g/mol. The van der Waals surface area contributed by atoms with E-state index in [1.165, 1.54) is 0 Å². The number of aromatic nitrogens is 4. The molecule has 2 heterocycles. The molecule has 4 rings (SSSR count). The number of nitrogens with zero attached hydrogens (tertiary/aromatic N) is 4. The molecule has 6 nitrogen and oxygen atoms in total. The number of rotatable bonds is 4. The van der Waals surface area contributed by atoms with Crippen molar-refractivity contribution in [2.24, 2.45) is 7.05 Å². The van der Waals surface area contributed by atoms with E-state index >= 15 is 0 Å². The summed E-state index contributed by atoms with van der Waals surface area (Å²) in [5.41, 5.74) is 3.43. The Morgan fingerprint density at radius 2 is 2.04 bits per heavy atom. The second-order valence-electron chi connectivity index (χ2n) is 6.07. The summed E-state index contributed by atoms with van der Waals surface area (Å²) in [5.74, 6) is 1.26. The molecule has 132 valence electrons. The smallest absolute Gasteiger partial charge is 0.188 e. The molecule has 0 atom stereocenters. The molecule has 0 radical (unpaired) electrons. The van der Waals surface area contributed by atoms with E-state index < -0.39 is 0 Å². The van der Waals surface area contributed by atoms with Gasteiger partial charge in [-0.2, -0.15) is 5.10 Å². The fourth-order valence-corrected chi connectivity index (χ4v) is 3.22. The van der Waals surface area contributed by atoms with Gasteiger partial charge in [0.15, 0.2) is 12.6 Å². The molecule has 0 fully saturated rings. The van der Waals surface area contributed by atoms with Gasteiger partial charge in [-0.15, -0.1) is 0 Å². The molecule has 2 aromatic heterocycles. The van der Waals surface area contributed by atoms with Gasteiger partial charge < -0.3 is 9.47 Å². The lowest BCUT2D eigenvalue weighted by atomic mass is 10.0. The lowest BCUT2D eigenvalue weighted by molar-refractivity contribution is 0.0511. The summed E-state index contributed by atoms with van der Waals surface area (Å²) in [6, 6.07) is 7.54. The Morgan fingerprint density at radius 3 is 2.85 bits per heavy atom. The predicted molar refractivity (Wildman–Crippen MR) is 101 cm³/mol.